The van der Waals surface area contributed by atoms with Gasteiger partial charge in [-0.25, -0.2) is 8.42 Å². The Morgan fingerprint density at radius 1 is 0.960 bits per heavy atom. The molecule has 1 saturated heterocycles. The van der Waals surface area contributed by atoms with E-state index in [1.807, 2.05) is 44.2 Å². The van der Waals surface area contributed by atoms with Gasteiger partial charge in [-0.1, -0.05) is 35.9 Å². The van der Waals surface area contributed by atoms with Gasteiger partial charge in [0.1, 0.15) is 0 Å². The molecule has 4 nitrogen and oxygen atoms in total. The molecule has 0 bridgehead atoms. The third kappa shape index (κ3) is 4.06. The minimum Gasteiger partial charge on any atom is -0.296 e. The number of piperazine rings is 1. The Balaban J connectivity index is 1.67. The highest BCUT2D eigenvalue weighted by Gasteiger charge is 2.28. The number of hydrogen-bond donors (Lipinski definition) is 0. The van der Waals surface area contributed by atoms with Crippen LogP contribution >= 0.6 is 11.6 Å². The quantitative estimate of drug-likeness (QED) is 0.818. The van der Waals surface area contributed by atoms with Crippen molar-refractivity contribution in [1.82, 2.24) is 9.21 Å². The number of nitrogens with zero attached hydrogens (tertiary/aromatic N) is 2. The summed E-state index contributed by atoms with van der Waals surface area (Å²) in [7, 11) is -3.43. The average molecular weight is 379 g/mol. The molecule has 0 aromatic heterocycles. The van der Waals surface area contributed by atoms with E-state index in [1.54, 1.807) is 16.4 Å². The highest BCUT2D eigenvalue weighted by Crippen LogP contribution is 2.22. The van der Waals surface area contributed by atoms with Gasteiger partial charge in [-0.05, 0) is 48.7 Å². The summed E-state index contributed by atoms with van der Waals surface area (Å²) in [5.41, 5.74) is 3.18. The number of benzene rings is 2. The van der Waals surface area contributed by atoms with Gasteiger partial charge in [0, 0.05) is 37.7 Å². The average Bonchev–Trinajstić information content (AvgIpc) is 2.60. The first-order chi connectivity index (χ1) is 11.9. The van der Waals surface area contributed by atoms with Crippen LogP contribution in [0.15, 0.2) is 47.4 Å². The van der Waals surface area contributed by atoms with E-state index in [0.717, 1.165) is 28.3 Å². The molecule has 1 fully saturated rings. The van der Waals surface area contributed by atoms with Crippen molar-refractivity contribution in [2.45, 2.75) is 25.3 Å². The van der Waals surface area contributed by atoms with Crippen molar-refractivity contribution in [3.63, 3.8) is 0 Å². The molecule has 2 aromatic rings. The van der Waals surface area contributed by atoms with E-state index in [9.17, 15) is 8.42 Å². The van der Waals surface area contributed by atoms with E-state index in [-0.39, 0.29) is 0 Å². The lowest BCUT2D eigenvalue weighted by Crippen LogP contribution is -2.48. The Hall–Kier alpha value is -1.40. The molecule has 1 aliphatic heterocycles. The number of rotatable bonds is 4. The van der Waals surface area contributed by atoms with E-state index < -0.39 is 10.0 Å². The number of sulfonamides is 1. The van der Waals surface area contributed by atoms with Crippen LogP contribution in [0.3, 0.4) is 0 Å². The maximum atomic E-state index is 12.9. The molecule has 0 unspecified atom stereocenters. The maximum absolute atomic E-state index is 12.9. The lowest BCUT2D eigenvalue weighted by atomic mass is 10.1. The Bertz CT molecular complexity index is 859. The molecule has 1 heterocycles. The molecular weight excluding hydrogens is 356 g/mol. The lowest BCUT2D eigenvalue weighted by molar-refractivity contribution is 0.181. The van der Waals surface area contributed by atoms with E-state index in [4.69, 9.17) is 11.6 Å². The van der Waals surface area contributed by atoms with Gasteiger partial charge in [0.15, 0.2) is 0 Å². The first kappa shape index (κ1) is 18.4. The Morgan fingerprint density at radius 3 is 2.28 bits per heavy atom. The predicted molar refractivity (Wildman–Crippen MR) is 101 cm³/mol. The molecule has 0 spiro atoms. The number of aryl methyl sites for hydroxylation is 2. The number of hydrogen-bond acceptors (Lipinski definition) is 3. The summed E-state index contributed by atoms with van der Waals surface area (Å²) < 4.78 is 27.3. The smallest absolute Gasteiger partial charge is 0.243 e. The summed E-state index contributed by atoms with van der Waals surface area (Å²) in [5, 5.41) is 0.757. The molecule has 0 radical (unpaired) electrons. The molecule has 1 aliphatic rings. The topological polar surface area (TPSA) is 40.6 Å². The minimum absolute atomic E-state index is 0.384. The lowest BCUT2D eigenvalue weighted by Gasteiger charge is -2.34. The van der Waals surface area contributed by atoms with Gasteiger partial charge < -0.3 is 0 Å². The van der Waals surface area contributed by atoms with Crippen molar-refractivity contribution in [3.8, 4) is 0 Å². The summed E-state index contributed by atoms with van der Waals surface area (Å²) in [5.74, 6) is 0. The van der Waals surface area contributed by atoms with Gasteiger partial charge in [-0.3, -0.25) is 4.90 Å². The van der Waals surface area contributed by atoms with Gasteiger partial charge in [-0.2, -0.15) is 4.31 Å². The molecule has 0 amide bonds. The van der Waals surface area contributed by atoms with Crippen LogP contribution in [0.1, 0.15) is 16.7 Å². The van der Waals surface area contributed by atoms with Crippen LogP contribution in [0.25, 0.3) is 0 Å². The molecule has 6 heteroatoms. The Morgan fingerprint density at radius 2 is 1.64 bits per heavy atom. The summed E-state index contributed by atoms with van der Waals surface area (Å²) in [6.45, 7) is 7.08. The van der Waals surface area contributed by atoms with Gasteiger partial charge in [0.2, 0.25) is 10.0 Å². The zero-order valence-electron chi connectivity index (χ0n) is 14.6. The van der Waals surface area contributed by atoms with Crippen LogP contribution in [-0.2, 0) is 16.6 Å². The second-order valence-corrected chi connectivity index (χ2v) is 8.86. The summed E-state index contributed by atoms with van der Waals surface area (Å²) in [6.07, 6.45) is 0. The third-order valence-electron chi connectivity index (χ3n) is 4.80. The van der Waals surface area contributed by atoms with Crippen molar-refractivity contribution < 1.29 is 8.42 Å². The SMILES string of the molecule is Cc1ccc(S(=O)(=O)N2CCN(Cc3ccccc3Cl)CC2)cc1C. The highest BCUT2D eigenvalue weighted by atomic mass is 35.5. The second-order valence-electron chi connectivity index (χ2n) is 6.52. The zero-order chi connectivity index (χ0) is 18.0. The second kappa shape index (κ2) is 7.46. The van der Waals surface area contributed by atoms with Crippen molar-refractivity contribution in [1.29, 1.82) is 0 Å². The molecule has 0 N–H and O–H groups in total. The first-order valence-corrected chi connectivity index (χ1v) is 10.2. The molecule has 134 valence electrons. The van der Waals surface area contributed by atoms with Crippen LogP contribution in [0.4, 0.5) is 0 Å². The zero-order valence-corrected chi connectivity index (χ0v) is 16.1. The van der Waals surface area contributed by atoms with Crippen molar-refractivity contribution in [2.24, 2.45) is 0 Å². The van der Waals surface area contributed by atoms with Crippen LogP contribution in [0, 0.1) is 13.8 Å². The van der Waals surface area contributed by atoms with Gasteiger partial charge in [0.05, 0.1) is 4.90 Å². The van der Waals surface area contributed by atoms with E-state index >= 15 is 0 Å². The van der Waals surface area contributed by atoms with Crippen molar-refractivity contribution in [2.75, 3.05) is 26.2 Å². The summed E-state index contributed by atoms with van der Waals surface area (Å²) in [4.78, 5) is 2.63. The molecule has 3 rings (SSSR count). The van der Waals surface area contributed by atoms with Crippen molar-refractivity contribution in [3.05, 3.63) is 64.2 Å². The number of halogens is 1. The molecule has 0 aliphatic carbocycles. The molecular formula is C19H23ClN2O2S. The normalized spacial score (nSPS) is 16.9. The largest absolute Gasteiger partial charge is 0.296 e. The van der Waals surface area contributed by atoms with Gasteiger partial charge in [0.25, 0.3) is 0 Å². The van der Waals surface area contributed by atoms with E-state index in [2.05, 4.69) is 4.90 Å². The Labute approximate surface area is 155 Å². The molecule has 0 saturated carbocycles. The van der Waals surface area contributed by atoms with Crippen LogP contribution < -0.4 is 0 Å². The molecule has 25 heavy (non-hydrogen) atoms. The van der Waals surface area contributed by atoms with Crippen LogP contribution in [-0.4, -0.2) is 43.8 Å². The summed E-state index contributed by atoms with van der Waals surface area (Å²) in [6, 6.07) is 13.1. The maximum Gasteiger partial charge on any atom is 0.243 e. The van der Waals surface area contributed by atoms with E-state index in [1.165, 1.54) is 0 Å². The van der Waals surface area contributed by atoms with Gasteiger partial charge >= 0.3 is 0 Å². The molecule has 0 atom stereocenters. The standard InChI is InChI=1S/C19H23ClN2O2S/c1-15-7-8-18(13-16(15)2)25(23,24)22-11-9-21(10-12-22)14-17-5-3-4-6-19(17)20/h3-8,13H,9-12,14H2,1-2H3. The van der Waals surface area contributed by atoms with Crippen LogP contribution in [0.5, 0.6) is 0 Å². The first-order valence-electron chi connectivity index (χ1n) is 8.41. The predicted octanol–water partition coefficient (Wildman–Crippen LogP) is 3.46. The monoisotopic (exact) mass is 378 g/mol. The minimum atomic E-state index is -3.43. The van der Waals surface area contributed by atoms with Gasteiger partial charge in [-0.15, -0.1) is 0 Å². The third-order valence-corrected chi connectivity index (χ3v) is 7.06. The summed E-state index contributed by atoms with van der Waals surface area (Å²) >= 11 is 6.22. The van der Waals surface area contributed by atoms with E-state index in [0.29, 0.717) is 31.1 Å². The highest BCUT2D eigenvalue weighted by molar-refractivity contribution is 7.89. The Kier molecular flexibility index (Phi) is 5.49. The fraction of sp³-hybridized carbons (Fsp3) is 0.368. The molecule has 2 aromatic carbocycles. The fourth-order valence-corrected chi connectivity index (χ4v) is 4.72. The fourth-order valence-electron chi connectivity index (χ4n) is 3.02. The van der Waals surface area contributed by atoms with Crippen LogP contribution in [0.2, 0.25) is 5.02 Å². The van der Waals surface area contributed by atoms with Crippen molar-refractivity contribution >= 4 is 21.6 Å².